The number of ether oxygens (including phenoxy) is 1. The molecule has 0 atom stereocenters. The Bertz CT molecular complexity index is 555. The van der Waals surface area contributed by atoms with Crippen molar-refractivity contribution in [1.29, 1.82) is 0 Å². The molecule has 1 N–H and O–H groups in total. The average Bonchev–Trinajstić information content (AvgIpc) is 2.54. The van der Waals surface area contributed by atoms with Crippen LogP contribution in [-0.2, 0) is 22.3 Å². The van der Waals surface area contributed by atoms with E-state index in [-0.39, 0.29) is 12.5 Å². The standard InChI is InChI=1S/C16H21F3N2O2/c1-21(14(22)15(23-2)6-8-20-9-7-15)11-12-4-3-5-13(10-12)16(17,18)19/h3-5,10,20H,6-9,11H2,1-2H3. The molecule has 0 unspecified atom stereocenters. The summed E-state index contributed by atoms with van der Waals surface area (Å²) >= 11 is 0. The van der Waals surface area contributed by atoms with Crippen molar-refractivity contribution in [2.24, 2.45) is 0 Å². The van der Waals surface area contributed by atoms with Gasteiger partial charge in [-0.05, 0) is 43.6 Å². The summed E-state index contributed by atoms with van der Waals surface area (Å²) in [5.41, 5.74) is -1.16. The number of halogens is 3. The average molecular weight is 330 g/mol. The van der Waals surface area contributed by atoms with Crippen molar-refractivity contribution >= 4 is 5.91 Å². The summed E-state index contributed by atoms with van der Waals surface area (Å²) in [6, 6.07) is 5.04. The normalized spacial score (nSPS) is 17.8. The maximum Gasteiger partial charge on any atom is 0.416 e. The van der Waals surface area contributed by atoms with Gasteiger partial charge in [0, 0.05) is 20.7 Å². The minimum absolute atomic E-state index is 0.112. The van der Waals surface area contributed by atoms with E-state index in [1.807, 2.05) is 0 Å². The molecule has 1 heterocycles. The van der Waals surface area contributed by atoms with E-state index < -0.39 is 17.3 Å². The Morgan fingerprint density at radius 3 is 2.57 bits per heavy atom. The molecule has 1 aliphatic heterocycles. The first-order valence-electron chi connectivity index (χ1n) is 7.46. The molecule has 1 saturated heterocycles. The van der Waals surface area contributed by atoms with E-state index in [9.17, 15) is 18.0 Å². The number of nitrogens with zero attached hydrogens (tertiary/aromatic N) is 1. The number of alkyl halides is 3. The van der Waals surface area contributed by atoms with Crippen molar-refractivity contribution in [3.63, 3.8) is 0 Å². The van der Waals surface area contributed by atoms with Gasteiger partial charge in [-0.3, -0.25) is 4.79 Å². The second kappa shape index (κ2) is 6.88. The summed E-state index contributed by atoms with van der Waals surface area (Å²) in [6.07, 6.45) is -3.29. The molecule has 0 aliphatic carbocycles. The lowest BCUT2D eigenvalue weighted by Crippen LogP contribution is -2.54. The number of piperidine rings is 1. The number of nitrogens with one attached hydrogen (secondary N) is 1. The second-order valence-electron chi connectivity index (χ2n) is 5.81. The number of rotatable bonds is 4. The zero-order chi connectivity index (χ0) is 17.1. The summed E-state index contributed by atoms with van der Waals surface area (Å²) in [4.78, 5) is 14.1. The van der Waals surface area contributed by atoms with Crippen LogP contribution in [0.2, 0.25) is 0 Å². The van der Waals surface area contributed by atoms with E-state index in [0.717, 1.165) is 12.1 Å². The van der Waals surface area contributed by atoms with Crippen LogP contribution in [0.15, 0.2) is 24.3 Å². The van der Waals surface area contributed by atoms with Gasteiger partial charge in [-0.15, -0.1) is 0 Å². The number of carbonyl (C=O) groups is 1. The zero-order valence-corrected chi connectivity index (χ0v) is 13.2. The molecule has 1 aromatic rings. The fraction of sp³-hybridized carbons (Fsp3) is 0.562. The highest BCUT2D eigenvalue weighted by Crippen LogP contribution is 2.30. The Morgan fingerprint density at radius 2 is 2.00 bits per heavy atom. The maximum atomic E-state index is 12.8. The smallest absolute Gasteiger partial charge is 0.368 e. The number of benzene rings is 1. The van der Waals surface area contributed by atoms with Crippen LogP contribution < -0.4 is 5.32 Å². The lowest BCUT2D eigenvalue weighted by molar-refractivity contribution is -0.157. The van der Waals surface area contributed by atoms with Gasteiger partial charge >= 0.3 is 6.18 Å². The molecule has 4 nitrogen and oxygen atoms in total. The van der Waals surface area contributed by atoms with E-state index in [1.165, 1.54) is 18.1 Å². The number of amides is 1. The lowest BCUT2D eigenvalue weighted by atomic mass is 9.90. The van der Waals surface area contributed by atoms with Crippen molar-refractivity contribution < 1.29 is 22.7 Å². The molecule has 23 heavy (non-hydrogen) atoms. The molecule has 0 bridgehead atoms. The zero-order valence-electron chi connectivity index (χ0n) is 13.2. The van der Waals surface area contributed by atoms with Crippen LogP contribution in [-0.4, -0.2) is 43.7 Å². The molecule has 0 radical (unpaired) electrons. The molecule has 7 heteroatoms. The molecule has 2 rings (SSSR count). The topological polar surface area (TPSA) is 41.6 Å². The monoisotopic (exact) mass is 330 g/mol. The van der Waals surface area contributed by atoms with Gasteiger partial charge in [-0.2, -0.15) is 13.2 Å². The van der Waals surface area contributed by atoms with Crippen LogP contribution in [0.3, 0.4) is 0 Å². The minimum atomic E-state index is -4.39. The fourth-order valence-corrected chi connectivity index (χ4v) is 2.88. The van der Waals surface area contributed by atoms with E-state index in [2.05, 4.69) is 5.32 Å². The fourth-order valence-electron chi connectivity index (χ4n) is 2.88. The third kappa shape index (κ3) is 4.03. The first-order valence-corrected chi connectivity index (χ1v) is 7.46. The quantitative estimate of drug-likeness (QED) is 0.922. The van der Waals surface area contributed by atoms with Crippen molar-refractivity contribution in [1.82, 2.24) is 10.2 Å². The molecule has 1 amide bonds. The molecule has 128 valence electrons. The van der Waals surface area contributed by atoms with Gasteiger partial charge in [0.2, 0.25) is 0 Å². The summed E-state index contributed by atoms with van der Waals surface area (Å²) in [7, 11) is 3.09. The highest BCUT2D eigenvalue weighted by molar-refractivity contribution is 5.85. The maximum absolute atomic E-state index is 12.8. The second-order valence-corrected chi connectivity index (χ2v) is 5.81. The Hall–Kier alpha value is -1.60. The summed E-state index contributed by atoms with van der Waals surface area (Å²) < 4.78 is 43.8. The number of methoxy groups -OCH3 is 1. The van der Waals surface area contributed by atoms with E-state index in [0.29, 0.717) is 31.5 Å². The van der Waals surface area contributed by atoms with Gasteiger partial charge in [-0.25, -0.2) is 0 Å². The van der Waals surface area contributed by atoms with Crippen LogP contribution >= 0.6 is 0 Å². The van der Waals surface area contributed by atoms with Crippen LogP contribution in [0.4, 0.5) is 13.2 Å². The van der Waals surface area contributed by atoms with Gasteiger partial charge in [-0.1, -0.05) is 12.1 Å². The van der Waals surface area contributed by atoms with Crippen LogP contribution in [0, 0.1) is 0 Å². The Balaban J connectivity index is 2.12. The summed E-state index contributed by atoms with van der Waals surface area (Å²) in [5.74, 6) is -0.195. The van der Waals surface area contributed by atoms with Gasteiger partial charge in [0.1, 0.15) is 5.60 Å². The molecular formula is C16H21F3N2O2. The molecule has 0 aromatic heterocycles. The van der Waals surface area contributed by atoms with E-state index in [4.69, 9.17) is 4.74 Å². The lowest BCUT2D eigenvalue weighted by Gasteiger charge is -2.37. The molecule has 1 aromatic carbocycles. The molecule has 0 saturated carbocycles. The predicted octanol–water partition coefficient (Wildman–Crippen LogP) is 2.43. The molecule has 1 fully saturated rings. The molecule has 0 spiro atoms. The van der Waals surface area contributed by atoms with Gasteiger partial charge in [0.05, 0.1) is 5.56 Å². The third-order valence-electron chi connectivity index (χ3n) is 4.21. The highest BCUT2D eigenvalue weighted by Gasteiger charge is 2.41. The number of likely N-dealkylation sites (N-methyl/N-ethyl adjacent to an activating group) is 1. The number of hydrogen-bond donors (Lipinski definition) is 1. The largest absolute Gasteiger partial charge is 0.416 e. The number of hydrogen-bond acceptors (Lipinski definition) is 3. The minimum Gasteiger partial charge on any atom is -0.368 e. The number of carbonyl (C=O) groups excluding carboxylic acids is 1. The third-order valence-corrected chi connectivity index (χ3v) is 4.21. The van der Waals surface area contributed by atoms with Crippen molar-refractivity contribution in [2.45, 2.75) is 31.2 Å². The van der Waals surface area contributed by atoms with E-state index >= 15 is 0 Å². The molecular weight excluding hydrogens is 309 g/mol. The van der Waals surface area contributed by atoms with Crippen LogP contribution in [0.25, 0.3) is 0 Å². The van der Waals surface area contributed by atoms with Gasteiger partial charge in [0.25, 0.3) is 5.91 Å². The Labute approximate surface area is 133 Å². The van der Waals surface area contributed by atoms with Gasteiger partial charge in [0.15, 0.2) is 0 Å². The predicted molar refractivity (Wildman–Crippen MR) is 79.8 cm³/mol. The first-order chi connectivity index (χ1) is 10.8. The highest BCUT2D eigenvalue weighted by atomic mass is 19.4. The van der Waals surface area contributed by atoms with Crippen molar-refractivity contribution in [2.75, 3.05) is 27.2 Å². The summed E-state index contributed by atoms with van der Waals surface area (Å²) in [5, 5.41) is 3.17. The summed E-state index contributed by atoms with van der Waals surface area (Å²) in [6.45, 7) is 1.47. The SMILES string of the molecule is COC1(C(=O)N(C)Cc2cccc(C(F)(F)F)c2)CCNCC1. The van der Waals surface area contributed by atoms with Crippen LogP contribution in [0.5, 0.6) is 0 Å². The first kappa shape index (κ1) is 17.7. The Morgan fingerprint density at radius 1 is 1.35 bits per heavy atom. The molecule has 1 aliphatic rings. The van der Waals surface area contributed by atoms with E-state index in [1.54, 1.807) is 13.1 Å². The van der Waals surface area contributed by atoms with Crippen molar-refractivity contribution in [3.8, 4) is 0 Å². The van der Waals surface area contributed by atoms with Crippen LogP contribution in [0.1, 0.15) is 24.0 Å². The Kier molecular flexibility index (Phi) is 5.31. The van der Waals surface area contributed by atoms with Gasteiger partial charge < -0.3 is 15.0 Å². The van der Waals surface area contributed by atoms with Crippen molar-refractivity contribution in [3.05, 3.63) is 35.4 Å².